The van der Waals surface area contributed by atoms with Crippen LogP contribution >= 0.6 is 11.8 Å². The zero-order valence-corrected chi connectivity index (χ0v) is 12.1. The molecule has 0 amide bonds. The van der Waals surface area contributed by atoms with Gasteiger partial charge in [-0.1, -0.05) is 30.3 Å². The number of hydrogen-bond acceptors (Lipinski definition) is 4. The van der Waals surface area contributed by atoms with Crippen LogP contribution in [0, 0.1) is 0 Å². The number of thioether (sulfide) groups is 1. The van der Waals surface area contributed by atoms with Crippen molar-refractivity contribution in [1.29, 1.82) is 0 Å². The van der Waals surface area contributed by atoms with Crippen molar-refractivity contribution in [3.8, 4) is 0 Å². The molecule has 0 aromatic heterocycles. The highest BCUT2D eigenvalue weighted by atomic mass is 32.2. The molecule has 1 heterocycles. The van der Waals surface area contributed by atoms with Gasteiger partial charge in [0.25, 0.3) is 8.32 Å². The predicted molar refractivity (Wildman–Crippen MR) is 68.7 cm³/mol. The lowest BCUT2D eigenvalue weighted by Gasteiger charge is -2.13. The first-order chi connectivity index (χ1) is 6.92. The summed E-state index contributed by atoms with van der Waals surface area (Å²) in [5.41, 5.74) is 0.272. The Morgan fingerprint density at radius 1 is 1.47 bits per heavy atom. The minimum atomic E-state index is -1.55. The maximum absolute atomic E-state index is 5.75. The van der Waals surface area contributed by atoms with Crippen LogP contribution in [0.3, 0.4) is 0 Å². The maximum atomic E-state index is 5.75. The molecule has 0 aromatic rings. The summed E-state index contributed by atoms with van der Waals surface area (Å²) in [6.07, 6.45) is 2.33. The fraction of sp³-hybridized carbons (Fsp3) is 0.900. The molecule has 5 heteroatoms. The molecule has 0 spiro atoms. The fourth-order valence-electron chi connectivity index (χ4n) is 1.18. The summed E-state index contributed by atoms with van der Waals surface area (Å²) >= 11 is 1.71. The molecule has 1 rings (SSSR count). The van der Waals surface area contributed by atoms with Crippen molar-refractivity contribution in [2.24, 2.45) is 5.16 Å². The first-order valence-electron chi connectivity index (χ1n) is 5.50. The summed E-state index contributed by atoms with van der Waals surface area (Å²) in [6.45, 7) is 10.6. The average Bonchev–Trinajstić information content (AvgIpc) is 2.42. The van der Waals surface area contributed by atoms with E-state index in [1.54, 1.807) is 11.8 Å². The number of oxime groups is 1. The SMILES string of the molecule is CCCC1OC(C)C(=NO[Si](C)(C)C)S1. The van der Waals surface area contributed by atoms with Crippen LogP contribution in [0.25, 0.3) is 0 Å². The van der Waals surface area contributed by atoms with Gasteiger partial charge in [0.05, 0.1) is 0 Å². The van der Waals surface area contributed by atoms with E-state index < -0.39 is 8.32 Å². The van der Waals surface area contributed by atoms with Crippen LogP contribution in [-0.4, -0.2) is 24.9 Å². The first kappa shape index (κ1) is 13.1. The molecule has 2 atom stereocenters. The zero-order valence-electron chi connectivity index (χ0n) is 10.2. The van der Waals surface area contributed by atoms with E-state index in [4.69, 9.17) is 9.26 Å². The lowest BCUT2D eigenvalue weighted by atomic mass is 10.3. The van der Waals surface area contributed by atoms with Crippen LogP contribution in [0.2, 0.25) is 19.6 Å². The molecule has 3 nitrogen and oxygen atoms in total. The maximum Gasteiger partial charge on any atom is 0.278 e. The third-order valence-electron chi connectivity index (χ3n) is 1.89. The summed E-state index contributed by atoms with van der Waals surface area (Å²) in [5.74, 6) is 0. The molecule has 0 N–H and O–H groups in total. The van der Waals surface area contributed by atoms with Gasteiger partial charge in [-0.25, -0.2) is 0 Å². The Hall–Kier alpha value is -0.00312. The Morgan fingerprint density at radius 2 is 2.13 bits per heavy atom. The van der Waals surface area contributed by atoms with Gasteiger partial charge in [0.1, 0.15) is 16.6 Å². The molecule has 0 aliphatic carbocycles. The first-order valence-corrected chi connectivity index (χ1v) is 9.79. The van der Waals surface area contributed by atoms with Crippen LogP contribution in [-0.2, 0) is 9.26 Å². The third-order valence-corrected chi connectivity index (χ3v) is 3.79. The van der Waals surface area contributed by atoms with E-state index in [1.807, 2.05) is 6.92 Å². The standard InChI is InChI=1S/C10H21NO2SSi/c1-6-7-9-12-8(2)10(14-9)11-13-15(3,4)5/h8-9H,6-7H2,1-5H3. The van der Waals surface area contributed by atoms with Gasteiger partial charge in [-0.2, -0.15) is 0 Å². The fourth-order valence-corrected chi connectivity index (χ4v) is 2.80. The van der Waals surface area contributed by atoms with Gasteiger partial charge in [-0.05, 0) is 33.0 Å². The number of ether oxygens (including phenoxy) is 1. The minimum Gasteiger partial charge on any atom is -0.455 e. The van der Waals surface area contributed by atoms with Crippen molar-refractivity contribution < 1.29 is 9.26 Å². The molecule has 0 radical (unpaired) electrons. The average molecular weight is 247 g/mol. The largest absolute Gasteiger partial charge is 0.455 e. The molecule has 1 fully saturated rings. The second kappa shape index (κ2) is 5.36. The summed E-state index contributed by atoms with van der Waals surface area (Å²) in [5, 5.41) is 5.22. The van der Waals surface area contributed by atoms with Gasteiger partial charge in [-0.15, -0.1) is 0 Å². The Kier molecular flexibility index (Phi) is 4.67. The normalized spacial score (nSPS) is 29.8. The predicted octanol–water partition coefficient (Wildman–Crippen LogP) is 3.43. The smallest absolute Gasteiger partial charge is 0.278 e. The molecule has 2 unspecified atom stereocenters. The highest BCUT2D eigenvalue weighted by Gasteiger charge is 2.30. The molecule has 0 saturated carbocycles. The summed E-state index contributed by atoms with van der Waals surface area (Å²) in [6, 6.07) is 0. The van der Waals surface area contributed by atoms with Crippen molar-refractivity contribution in [3.05, 3.63) is 0 Å². The second-order valence-electron chi connectivity index (χ2n) is 4.75. The summed E-state index contributed by atoms with van der Waals surface area (Å²) in [7, 11) is -1.55. The topological polar surface area (TPSA) is 30.8 Å². The molecular weight excluding hydrogens is 226 g/mol. The third kappa shape index (κ3) is 4.57. The molecular formula is C10H21NO2SSi. The van der Waals surface area contributed by atoms with E-state index in [0.29, 0.717) is 0 Å². The van der Waals surface area contributed by atoms with E-state index in [-0.39, 0.29) is 11.5 Å². The molecule has 15 heavy (non-hydrogen) atoms. The molecule has 1 aliphatic heterocycles. The summed E-state index contributed by atoms with van der Waals surface area (Å²) in [4.78, 5) is 0. The van der Waals surface area contributed by atoms with Gasteiger partial charge in [-0.3, -0.25) is 0 Å². The number of hydrogen-bond donors (Lipinski definition) is 0. The van der Waals surface area contributed by atoms with Gasteiger partial charge >= 0.3 is 0 Å². The monoisotopic (exact) mass is 247 g/mol. The van der Waals surface area contributed by atoms with Crippen LogP contribution < -0.4 is 0 Å². The van der Waals surface area contributed by atoms with Crippen molar-refractivity contribution >= 4 is 25.1 Å². The van der Waals surface area contributed by atoms with Gasteiger partial charge < -0.3 is 9.26 Å². The van der Waals surface area contributed by atoms with Crippen molar-refractivity contribution in [2.45, 2.75) is 57.9 Å². The lowest BCUT2D eigenvalue weighted by molar-refractivity contribution is 0.0934. The van der Waals surface area contributed by atoms with Crippen LogP contribution in [0.1, 0.15) is 26.7 Å². The van der Waals surface area contributed by atoms with Crippen LogP contribution in [0.15, 0.2) is 5.16 Å². The number of rotatable bonds is 4. The van der Waals surface area contributed by atoms with Gasteiger partial charge in [0.15, 0.2) is 0 Å². The minimum absolute atomic E-state index is 0.0999. The van der Waals surface area contributed by atoms with E-state index >= 15 is 0 Å². The Balaban J connectivity index is 2.49. The van der Waals surface area contributed by atoms with E-state index in [1.165, 1.54) is 0 Å². The number of nitrogens with zero attached hydrogens (tertiary/aromatic N) is 1. The van der Waals surface area contributed by atoms with Gasteiger partial charge in [0.2, 0.25) is 0 Å². The Labute approximate surface area is 97.7 Å². The van der Waals surface area contributed by atoms with E-state index in [0.717, 1.165) is 17.9 Å². The second-order valence-corrected chi connectivity index (χ2v) is 10.3. The van der Waals surface area contributed by atoms with Crippen molar-refractivity contribution in [3.63, 3.8) is 0 Å². The highest BCUT2D eigenvalue weighted by Crippen LogP contribution is 2.31. The molecule has 0 aromatic carbocycles. The lowest BCUT2D eigenvalue weighted by Crippen LogP contribution is -2.23. The molecule has 0 bridgehead atoms. The van der Waals surface area contributed by atoms with Crippen molar-refractivity contribution in [2.75, 3.05) is 0 Å². The molecule has 1 aliphatic rings. The highest BCUT2D eigenvalue weighted by molar-refractivity contribution is 8.14. The molecule has 88 valence electrons. The summed E-state index contributed by atoms with van der Waals surface area (Å²) < 4.78 is 11.3. The quantitative estimate of drug-likeness (QED) is 0.563. The van der Waals surface area contributed by atoms with E-state index in [2.05, 4.69) is 31.7 Å². The molecule has 1 saturated heterocycles. The zero-order chi connectivity index (χ0) is 11.5. The van der Waals surface area contributed by atoms with Crippen molar-refractivity contribution in [1.82, 2.24) is 0 Å². The van der Waals surface area contributed by atoms with Crippen LogP contribution in [0.5, 0.6) is 0 Å². The van der Waals surface area contributed by atoms with Gasteiger partial charge in [0, 0.05) is 0 Å². The van der Waals surface area contributed by atoms with Crippen LogP contribution in [0.4, 0.5) is 0 Å². The van der Waals surface area contributed by atoms with E-state index in [9.17, 15) is 0 Å². The Bertz CT molecular complexity index is 240. The Morgan fingerprint density at radius 3 is 2.67 bits per heavy atom.